The minimum absolute atomic E-state index is 0.172. The minimum atomic E-state index is -0.943. The average molecular weight is 230 g/mol. The standard InChI is InChI=1S/C11H22N2O3/c1-12-4-3-9(6-12)7-13(2)8-10(14)5-11(15)16/h9-10,14H,3-8H2,1-2H3,(H,15,16). The highest BCUT2D eigenvalue weighted by atomic mass is 16.4. The second-order valence-electron chi connectivity index (χ2n) is 4.89. The first-order chi connectivity index (χ1) is 7.47. The van der Waals surface area contributed by atoms with Crippen LogP contribution in [0.25, 0.3) is 0 Å². The van der Waals surface area contributed by atoms with Gasteiger partial charge in [-0.1, -0.05) is 0 Å². The number of aliphatic hydroxyl groups excluding tert-OH is 1. The Kier molecular flexibility index (Phi) is 5.18. The summed E-state index contributed by atoms with van der Waals surface area (Å²) in [7, 11) is 4.04. The zero-order valence-corrected chi connectivity index (χ0v) is 10.1. The van der Waals surface area contributed by atoms with Crippen molar-refractivity contribution in [2.75, 3.05) is 40.3 Å². The molecule has 1 fully saturated rings. The molecule has 0 aromatic rings. The zero-order valence-electron chi connectivity index (χ0n) is 10.1. The molecule has 1 saturated heterocycles. The monoisotopic (exact) mass is 230 g/mol. The van der Waals surface area contributed by atoms with Gasteiger partial charge >= 0.3 is 5.97 Å². The summed E-state index contributed by atoms with van der Waals surface area (Å²) in [6, 6.07) is 0. The average Bonchev–Trinajstić information content (AvgIpc) is 2.48. The van der Waals surface area contributed by atoms with Crippen LogP contribution in [0.15, 0.2) is 0 Å². The summed E-state index contributed by atoms with van der Waals surface area (Å²) in [6.45, 7) is 3.60. The number of rotatable bonds is 6. The number of carbonyl (C=O) groups is 1. The van der Waals surface area contributed by atoms with Crippen molar-refractivity contribution in [2.24, 2.45) is 5.92 Å². The zero-order chi connectivity index (χ0) is 12.1. The lowest BCUT2D eigenvalue weighted by Gasteiger charge is -2.22. The van der Waals surface area contributed by atoms with E-state index in [0.29, 0.717) is 12.5 Å². The van der Waals surface area contributed by atoms with Crippen molar-refractivity contribution in [1.29, 1.82) is 0 Å². The number of nitrogens with zero attached hydrogens (tertiary/aromatic N) is 2. The van der Waals surface area contributed by atoms with Gasteiger partial charge in [-0.15, -0.1) is 0 Å². The van der Waals surface area contributed by atoms with E-state index < -0.39 is 12.1 Å². The number of carboxylic acids is 1. The Balaban J connectivity index is 2.19. The number of hydrogen-bond donors (Lipinski definition) is 2. The van der Waals surface area contributed by atoms with Gasteiger partial charge < -0.3 is 20.0 Å². The summed E-state index contributed by atoms with van der Waals surface area (Å²) in [4.78, 5) is 14.7. The molecule has 0 saturated carbocycles. The highest BCUT2D eigenvalue weighted by Crippen LogP contribution is 2.15. The maximum Gasteiger partial charge on any atom is 0.306 e. The summed E-state index contributed by atoms with van der Waals surface area (Å²) < 4.78 is 0. The number of carboxylic acid groups (broad SMARTS) is 1. The van der Waals surface area contributed by atoms with E-state index >= 15 is 0 Å². The normalized spacial score (nSPS) is 23.9. The van der Waals surface area contributed by atoms with Crippen molar-refractivity contribution in [1.82, 2.24) is 9.80 Å². The van der Waals surface area contributed by atoms with Crippen LogP contribution in [-0.4, -0.2) is 72.4 Å². The molecule has 2 atom stereocenters. The minimum Gasteiger partial charge on any atom is -0.481 e. The molecule has 16 heavy (non-hydrogen) atoms. The van der Waals surface area contributed by atoms with E-state index in [1.807, 2.05) is 11.9 Å². The summed E-state index contributed by atoms with van der Waals surface area (Å²) in [6.07, 6.45) is 0.256. The van der Waals surface area contributed by atoms with Crippen molar-refractivity contribution in [3.05, 3.63) is 0 Å². The first-order valence-electron chi connectivity index (χ1n) is 5.74. The van der Waals surface area contributed by atoms with E-state index in [1.165, 1.54) is 6.42 Å². The molecule has 1 heterocycles. The number of likely N-dealkylation sites (N-methyl/N-ethyl adjacent to an activating group) is 1. The lowest BCUT2D eigenvalue weighted by molar-refractivity contribution is -0.139. The van der Waals surface area contributed by atoms with Crippen LogP contribution in [-0.2, 0) is 4.79 Å². The van der Waals surface area contributed by atoms with Crippen molar-refractivity contribution >= 4 is 5.97 Å². The first kappa shape index (κ1) is 13.4. The van der Waals surface area contributed by atoms with Gasteiger partial charge in [0.1, 0.15) is 0 Å². The van der Waals surface area contributed by atoms with Gasteiger partial charge in [-0.2, -0.15) is 0 Å². The fraction of sp³-hybridized carbons (Fsp3) is 0.909. The van der Waals surface area contributed by atoms with Gasteiger partial charge in [0.25, 0.3) is 0 Å². The van der Waals surface area contributed by atoms with E-state index in [2.05, 4.69) is 11.9 Å². The number of hydrogen-bond acceptors (Lipinski definition) is 4. The Labute approximate surface area is 96.7 Å². The first-order valence-corrected chi connectivity index (χ1v) is 5.74. The van der Waals surface area contributed by atoms with E-state index in [-0.39, 0.29) is 6.42 Å². The Morgan fingerprint density at radius 3 is 2.81 bits per heavy atom. The fourth-order valence-corrected chi connectivity index (χ4v) is 2.32. The molecule has 0 bridgehead atoms. The second-order valence-corrected chi connectivity index (χ2v) is 4.89. The van der Waals surface area contributed by atoms with E-state index in [9.17, 15) is 9.90 Å². The quantitative estimate of drug-likeness (QED) is 0.656. The van der Waals surface area contributed by atoms with Gasteiger partial charge in [-0.05, 0) is 33.0 Å². The van der Waals surface area contributed by atoms with Crippen molar-refractivity contribution in [3.8, 4) is 0 Å². The van der Waals surface area contributed by atoms with Gasteiger partial charge in [0.15, 0.2) is 0 Å². The highest BCUT2D eigenvalue weighted by molar-refractivity contribution is 5.67. The molecule has 0 radical (unpaired) electrons. The molecule has 0 aromatic carbocycles. The fourth-order valence-electron chi connectivity index (χ4n) is 2.32. The predicted octanol–water partition coefficient (Wildman–Crippen LogP) is -0.294. The van der Waals surface area contributed by atoms with Crippen LogP contribution in [0.2, 0.25) is 0 Å². The molecule has 2 N–H and O–H groups in total. The Morgan fingerprint density at radius 1 is 1.62 bits per heavy atom. The molecule has 0 aliphatic carbocycles. The number of likely N-dealkylation sites (tertiary alicyclic amines) is 1. The van der Waals surface area contributed by atoms with Crippen LogP contribution in [0.5, 0.6) is 0 Å². The number of aliphatic hydroxyl groups is 1. The topological polar surface area (TPSA) is 64.0 Å². The molecule has 94 valence electrons. The molecule has 1 aliphatic heterocycles. The second kappa shape index (κ2) is 6.18. The molecule has 5 heteroatoms. The van der Waals surface area contributed by atoms with Crippen molar-refractivity contribution < 1.29 is 15.0 Å². The largest absolute Gasteiger partial charge is 0.481 e. The molecule has 0 aromatic heterocycles. The lowest BCUT2D eigenvalue weighted by Crippen LogP contribution is -2.34. The molecule has 0 amide bonds. The Morgan fingerprint density at radius 2 is 2.31 bits per heavy atom. The third-order valence-corrected chi connectivity index (χ3v) is 2.99. The Bertz CT molecular complexity index is 235. The molecule has 1 aliphatic rings. The molecule has 5 nitrogen and oxygen atoms in total. The maximum atomic E-state index is 10.4. The lowest BCUT2D eigenvalue weighted by atomic mass is 10.1. The van der Waals surface area contributed by atoms with Crippen LogP contribution in [0.1, 0.15) is 12.8 Å². The van der Waals surface area contributed by atoms with E-state index in [4.69, 9.17) is 5.11 Å². The predicted molar refractivity (Wildman–Crippen MR) is 61.4 cm³/mol. The van der Waals surface area contributed by atoms with E-state index in [1.54, 1.807) is 0 Å². The van der Waals surface area contributed by atoms with Crippen LogP contribution >= 0.6 is 0 Å². The van der Waals surface area contributed by atoms with Gasteiger partial charge in [-0.25, -0.2) is 0 Å². The third-order valence-electron chi connectivity index (χ3n) is 2.99. The molecular formula is C11H22N2O3. The van der Waals surface area contributed by atoms with E-state index in [0.717, 1.165) is 19.6 Å². The van der Waals surface area contributed by atoms with Crippen LogP contribution < -0.4 is 0 Å². The highest BCUT2D eigenvalue weighted by Gasteiger charge is 2.21. The van der Waals surface area contributed by atoms with Crippen LogP contribution in [0.4, 0.5) is 0 Å². The molecule has 1 rings (SSSR count). The summed E-state index contributed by atoms with van der Waals surface area (Å²) in [5.41, 5.74) is 0. The maximum absolute atomic E-state index is 10.4. The van der Waals surface area contributed by atoms with Gasteiger partial charge in [-0.3, -0.25) is 4.79 Å². The summed E-state index contributed by atoms with van der Waals surface area (Å²) >= 11 is 0. The van der Waals surface area contributed by atoms with Gasteiger partial charge in [0.05, 0.1) is 12.5 Å². The third kappa shape index (κ3) is 4.92. The van der Waals surface area contributed by atoms with Crippen LogP contribution in [0, 0.1) is 5.92 Å². The Hall–Kier alpha value is -0.650. The van der Waals surface area contributed by atoms with Gasteiger partial charge in [0, 0.05) is 19.6 Å². The summed E-state index contributed by atoms with van der Waals surface area (Å²) in [5, 5.41) is 18.0. The molecule has 2 unspecified atom stereocenters. The van der Waals surface area contributed by atoms with Crippen LogP contribution in [0.3, 0.4) is 0 Å². The van der Waals surface area contributed by atoms with Crippen molar-refractivity contribution in [3.63, 3.8) is 0 Å². The number of aliphatic carboxylic acids is 1. The molecular weight excluding hydrogens is 208 g/mol. The molecule has 0 spiro atoms. The smallest absolute Gasteiger partial charge is 0.306 e. The summed E-state index contributed by atoms with van der Waals surface area (Å²) in [5.74, 6) is -0.298. The SMILES string of the molecule is CN1CCC(CN(C)CC(O)CC(=O)O)C1. The van der Waals surface area contributed by atoms with Crippen molar-refractivity contribution in [2.45, 2.75) is 18.9 Å². The van der Waals surface area contributed by atoms with Gasteiger partial charge in [0.2, 0.25) is 0 Å².